The number of carbonyl (C=O) groups excluding carboxylic acids is 1. The minimum Gasteiger partial charge on any atom is -0.465 e. The monoisotopic (exact) mass is 316 g/mol. The van der Waals surface area contributed by atoms with Crippen molar-refractivity contribution in [2.75, 3.05) is 19.4 Å². The number of nitrogen functional groups attached to an aromatic ring is 1. The van der Waals surface area contributed by atoms with Crippen LogP contribution in [-0.4, -0.2) is 39.3 Å². The summed E-state index contributed by atoms with van der Waals surface area (Å²) in [5.41, 5.74) is 5.67. The van der Waals surface area contributed by atoms with E-state index in [-0.39, 0.29) is 22.7 Å². The predicted molar refractivity (Wildman–Crippen MR) is 78.3 cm³/mol. The summed E-state index contributed by atoms with van der Waals surface area (Å²) in [4.78, 5) is 11.4. The van der Waals surface area contributed by atoms with Crippen molar-refractivity contribution in [1.29, 1.82) is 0 Å². The summed E-state index contributed by atoms with van der Waals surface area (Å²) < 4.78 is 31.3. The smallest absolute Gasteiger partial charge is 0.339 e. The van der Waals surface area contributed by atoms with E-state index in [1.54, 1.807) is 0 Å². The fourth-order valence-corrected chi connectivity index (χ4v) is 3.06. The van der Waals surface area contributed by atoms with Crippen LogP contribution in [-0.2, 0) is 14.8 Å². The molecule has 21 heavy (non-hydrogen) atoms. The summed E-state index contributed by atoms with van der Waals surface area (Å²) in [5.74, 6) is -0.774. The van der Waals surface area contributed by atoms with Crippen molar-refractivity contribution in [1.82, 2.24) is 4.72 Å². The second-order valence-electron chi connectivity index (χ2n) is 4.54. The summed E-state index contributed by atoms with van der Waals surface area (Å²) in [7, 11) is -2.81. The van der Waals surface area contributed by atoms with Crippen LogP contribution >= 0.6 is 0 Å². The normalized spacial score (nSPS) is 12.9. The van der Waals surface area contributed by atoms with Gasteiger partial charge in [-0.05, 0) is 24.6 Å². The number of esters is 1. The number of benzene rings is 1. The van der Waals surface area contributed by atoms with E-state index in [4.69, 9.17) is 5.73 Å². The van der Waals surface area contributed by atoms with Gasteiger partial charge >= 0.3 is 5.97 Å². The van der Waals surface area contributed by atoms with E-state index in [1.807, 2.05) is 6.92 Å². The fraction of sp³-hybridized carbons (Fsp3) is 0.462. The molecular weight excluding hydrogens is 296 g/mol. The summed E-state index contributed by atoms with van der Waals surface area (Å²) >= 11 is 0. The van der Waals surface area contributed by atoms with Gasteiger partial charge in [-0.15, -0.1) is 0 Å². The second kappa shape index (κ2) is 7.39. The molecule has 8 heteroatoms. The molecule has 0 radical (unpaired) electrons. The van der Waals surface area contributed by atoms with Crippen molar-refractivity contribution in [3.63, 3.8) is 0 Å². The van der Waals surface area contributed by atoms with E-state index in [2.05, 4.69) is 9.46 Å². The first kappa shape index (κ1) is 17.4. The van der Waals surface area contributed by atoms with E-state index >= 15 is 0 Å². The molecule has 1 aromatic carbocycles. The van der Waals surface area contributed by atoms with E-state index in [9.17, 15) is 18.3 Å². The van der Waals surface area contributed by atoms with E-state index in [0.717, 1.165) is 13.5 Å². The van der Waals surface area contributed by atoms with E-state index in [1.165, 1.54) is 18.2 Å². The Morgan fingerprint density at radius 1 is 1.48 bits per heavy atom. The van der Waals surface area contributed by atoms with Crippen molar-refractivity contribution >= 4 is 21.7 Å². The van der Waals surface area contributed by atoms with E-state index < -0.39 is 22.1 Å². The van der Waals surface area contributed by atoms with Crippen LogP contribution in [0, 0.1) is 0 Å². The maximum absolute atomic E-state index is 12.2. The molecule has 4 N–H and O–H groups in total. The number of rotatable bonds is 7. The minimum atomic E-state index is -3.97. The molecule has 0 aromatic heterocycles. The topological polar surface area (TPSA) is 119 Å². The van der Waals surface area contributed by atoms with Gasteiger partial charge in [-0.25, -0.2) is 17.9 Å². The fourth-order valence-electron chi connectivity index (χ4n) is 1.76. The third kappa shape index (κ3) is 4.69. The summed E-state index contributed by atoms with van der Waals surface area (Å²) in [6, 6.07) is 3.89. The number of ether oxygens (including phenoxy) is 1. The zero-order chi connectivity index (χ0) is 16.0. The van der Waals surface area contributed by atoms with Crippen LogP contribution < -0.4 is 10.5 Å². The van der Waals surface area contributed by atoms with Crippen molar-refractivity contribution in [2.24, 2.45) is 0 Å². The first-order valence-electron chi connectivity index (χ1n) is 6.47. The minimum absolute atomic E-state index is 0.107. The average Bonchev–Trinajstić information content (AvgIpc) is 2.44. The Labute approximate surface area is 124 Å². The van der Waals surface area contributed by atoms with Crippen LogP contribution in [0.5, 0.6) is 0 Å². The van der Waals surface area contributed by atoms with Crippen molar-refractivity contribution in [3.8, 4) is 0 Å². The van der Waals surface area contributed by atoms with Crippen LogP contribution in [0.4, 0.5) is 5.69 Å². The molecule has 0 saturated heterocycles. The number of aliphatic hydroxyl groups is 1. The van der Waals surface area contributed by atoms with Gasteiger partial charge in [0, 0.05) is 12.2 Å². The van der Waals surface area contributed by atoms with Crippen LogP contribution in [0.2, 0.25) is 0 Å². The molecule has 0 heterocycles. The standard InChI is InChI=1S/C13H20N2O5S/c1-3-4-10(16)8-15-21(18,19)12-7-9(14)5-6-11(12)13(17)20-2/h5-7,10,15-16H,3-4,8,14H2,1-2H3. The Morgan fingerprint density at radius 3 is 2.71 bits per heavy atom. The number of methoxy groups -OCH3 is 1. The van der Waals surface area contributed by atoms with Crippen LogP contribution in [0.1, 0.15) is 30.1 Å². The molecule has 0 bridgehead atoms. The Kier molecular flexibility index (Phi) is 6.13. The summed E-state index contributed by atoms with van der Waals surface area (Å²) in [6.07, 6.45) is 0.421. The Hall–Kier alpha value is -1.64. The molecule has 0 aliphatic rings. The number of hydrogen-bond donors (Lipinski definition) is 3. The van der Waals surface area contributed by atoms with Crippen LogP contribution in [0.25, 0.3) is 0 Å². The van der Waals surface area contributed by atoms with Gasteiger partial charge in [-0.1, -0.05) is 13.3 Å². The molecule has 1 unspecified atom stereocenters. The molecule has 1 aromatic rings. The first-order chi connectivity index (χ1) is 9.81. The lowest BCUT2D eigenvalue weighted by Gasteiger charge is -2.13. The van der Waals surface area contributed by atoms with Gasteiger partial charge in [0.1, 0.15) is 0 Å². The molecule has 0 fully saturated rings. The molecule has 1 atom stereocenters. The number of nitrogens with one attached hydrogen (secondary N) is 1. The van der Waals surface area contributed by atoms with Gasteiger partial charge < -0.3 is 15.6 Å². The molecule has 0 spiro atoms. The lowest BCUT2D eigenvalue weighted by atomic mass is 10.2. The Balaban J connectivity index is 3.07. The zero-order valence-corrected chi connectivity index (χ0v) is 12.8. The SMILES string of the molecule is CCCC(O)CNS(=O)(=O)c1cc(N)ccc1C(=O)OC. The quantitative estimate of drug-likeness (QED) is 0.498. The number of hydrogen-bond acceptors (Lipinski definition) is 6. The zero-order valence-electron chi connectivity index (χ0n) is 12.0. The molecule has 0 aliphatic carbocycles. The largest absolute Gasteiger partial charge is 0.465 e. The number of anilines is 1. The second-order valence-corrected chi connectivity index (χ2v) is 6.28. The number of sulfonamides is 1. The first-order valence-corrected chi connectivity index (χ1v) is 7.95. The highest BCUT2D eigenvalue weighted by Crippen LogP contribution is 2.20. The Bertz CT molecular complexity index is 601. The lowest BCUT2D eigenvalue weighted by Crippen LogP contribution is -2.33. The van der Waals surface area contributed by atoms with Gasteiger partial charge in [-0.3, -0.25) is 0 Å². The highest BCUT2D eigenvalue weighted by Gasteiger charge is 2.23. The third-order valence-corrected chi connectivity index (χ3v) is 4.29. The maximum Gasteiger partial charge on any atom is 0.339 e. The van der Waals surface area contributed by atoms with Crippen LogP contribution in [0.15, 0.2) is 23.1 Å². The third-order valence-electron chi connectivity index (χ3n) is 2.83. The molecule has 7 nitrogen and oxygen atoms in total. The number of aliphatic hydroxyl groups excluding tert-OH is 1. The van der Waals surface area contributed by atoms with Crippen molar-refractivity contribution in [3.05, 3.63) is 23.8 Å². The van der Waals surface area contributed by atoms with Gasteiger partial charge in [0.25, 0.3) is 0 Å². The van der Waals surface area contributed by atoms with Crippen molar-refractivity contribution < 1.29 is 23.1 Å². The molecule has 0 saturated carbocycles. The maximum atomic E-state index is 12.2. The molecule has 118 valence electrons. The molecule has 1 rings (SSSR count). The average molecular weight is 316 g/mol. The lowest BCUT2D eigenvalue weighted by molar-refractivity contribution is 0.0596. The highest BCUT2D eigenvalue weighted by atomic mass is 32.2. The van der Waals surface area contributed by atoms with Gasteiger partial charge in [-0.2, -0.15) is 0 Å². The summed E-state index contributed by atoms with van der Waals surface area (Å²) in [6.45, 7) is 1.75. The number of nitrogens with two attached hydrogens (primary N) is 1. The summed E-state index contributed by atoms with van der Waals surface area (Å²) in [5, 5.41) is 9.60. The van der Waals surface area contributed by atoms with Crippen molar-refractivity contribution in [2.45, 2.75) is 30.8 Å². The number of carbonyl (C=O) groups is 1. The molecular formula is C13H20N2O5S. The highest BCUT2D eigenvalue weighted by molar-refractivity contribution is 7.89. The molecule has 0 aliphatic heterocycles. The Morgan fingerprint density at radius 2 is 2.14 bits per heavy atom. The van der Waals surface area contributed by atoms with Crippen LogP contribution in [0.3, 0.4) is 0 Å². The van der Waals surface area contributed by atoms with Gasteiger partial charge in [0.2, 0.25) is 10.0 Å². The predicted octanol–water partition coefficient (Wildman–Crippen LogP) is 0.495. The van der Waals surface area contributed by atoms with E-state index in [0.29, 0.717) is 6.42 Å². The van der Waals surface area contributed by atoms with Gasteiger partial charge in [0.05, 0.1) is 23.7 Å². The molecule has 0 amide bonds. The van der Waals surface area contributed by atoms with Gasteiger partial charge in [0.15, 0.2) is 0 Å².